The summed E-state index contributed by atoms with van der Waals surface area (Å²) in [4.78, 5) is 15.9. The standard InChI is InChI=1S/C15H23N3O.2ClH/c1-11(16)13-4-2-12(3-5-13)10-15(19)18-14-6-8-17-9-7-14;;/h6-9,11-13H,2-5,10,16H2,1H3,(H,17,18,19);2*1H/t11-,12?,13?;;/m1../s1. The lowest BCUT2D eigenvalue weighted by Gasteiger charge is -2.30. The third-order valence-corrected chi connectivity index (χ3v) is 4.07. The minimum Gasteiger partial charge on any atom is -0.328 e. The maximum absolute atomic E-state index is 11.9. The molecule has 0 spiro atoms. The van der Waals surface area contributed by atoms with Crippen molar-refractivity contribution in [1.82, 2.24) is 4.98 Å². The fraction of sp³-hybridized carbons (Fsp3) is 0.600. The number of halogens is 2. The molecule has 1 fully saturated rings. The van der Waals surface area contributed by atoms with E-state index in [0.29, 0.717) is 18.3 Å². The van der Waals surface area contributed by atoms with Gasteiger partial charge in [0.05, 0.1) is 0 Å². The quantitative estimate of drug-likeness (QED) is 0.887. The molecule has 1 saturated carbocycles. The number of hydrogen-bond donors (Lipinski definition) is 2. The third kappa shape index (κ3) is 6.64. The van der Waals surface area contributed by atoms with E-state index in [-0.39, 0.29) is 36.8 Å². The van der Waals surface area contributed by atoms with Gasteiger partial charge in [-0.3, -0.25) is 9.78 Å². The molecule has 1 aromatic heterocycles. The molecule has 0 bridgehead atoms. The highest BCUT2D eigenvalue weighted by Gasteiger charge is 2.24. The number of nitrogens with two attached hydrogens (primary N) is 1. The summed E-state index contributed by atoms with van der Waals surface area (Å²) < 4.78 is 0. The molecule has 3 N–H and O–H groups in total. The zero-order chi connectivity index (χ0) is 13.7. The maximum Gasteiger partial charge on any atom is 0.224 e. The summed E-state index contributed by atoms with van der Waals surface area (Å²) in [6, 6.07) is 3.90. The molecule has 4 nitrogen and oxygen atoms in total. The number of anilines is 1. The number of rotatable bonds is 4. The summed E-state index contributed by atoms with van der Waals surface area (Å²) in [6.45, 7) is 2.08. The van der Waals surface area contributed by atoms with Crippen LogP contribution in [0.4, 0.5) is 5.69 Å². The van der Waals surface area contributed by atoms with E-state index >= 15 is 0 Å². The average Bonchev–Trinajstić information content (AvgIpc) is 2.40. The highest BCUT2D eigenvalue weighted by Crippen LogP contribution is 2.32. The third-order valence-electron chi connectivity index (χ3n) is 4.07. The second kappa shape index (κ2) is 9.98. The molecule has 0 unspecified atom stereocenters. The van der Waals surface area contributed by atoms with Gasteiger partial charge in [-0.25, -0.2) is 0 Å². The van der Waals surface area contributed by atoms with E-state index in [9.17, 15) is 4.79 Å². The minimum absolute atomic E-state index is 0. The van der Waals surface area contributed by atoms with Crippen LogP contribution in [0.2, 0.25) is 0 Å². The first kappa shape index (κ1) is 20.2. The molecule has 1 aliphatic rings. The first-order valence-corrected chi connectivity index (χ1v) is 7.10. The molecule has 1 aliphatic carbocycles. The van der Waals surface area contributed by atoms with Crippen LogP contribution >= 0.6 is 24.8 Å². The van der Waals surface area contributed by atoms with Gasteiger partial charge in [-0.1, -0.05) is 0 Å². The summed E-state index contributed by atoms with van der Waals surface area (Å²) in [5, 5.41) is 2.92. The van der Waals surface area contributed by atoms with Crippen LogP contribution in [0.15, 0.2) is 24.5 Å². The number of aromatic nitrogens is 1. The molecule has 0 aliphatic heterocycles. The van der Waals surface area contributed by atoms with Gasteiger partial charge >= 0.3 is 0 Å². The Morgan fingerprint density at radius 2 is 1.86 bits per heavy atom. The van der Waals surface area contributed by atoms with Crippen LogP contribution in [-0.4, -0.2) is 16.9 Å². The Balaban J connectivity index is 0.00000200. The number of pyridine rings is 1. The summed E-state index contributed by atoms with van der Waals surface area (Å²) in [7, 11) is 0. The fourth-order valence-corrected chi connectivity index (χ4v) is 2.83. The van der Waals surface area contributed by atoms with Gasteiger partial charge in [0.15, 0.2) is 0 Å². The molecule has 0 radical (unpaired) electrons. The molecule has 0 saturated heterocycles. The number of amides is 1. The van der Waals surface area contributed by atoms with Crippen LogP contribution in [0.5, 0.6) is 0 Å². The largest absolute Gasteiger partial charge is 0.328 e. The smallest absolute Gasteiger partial charge is 0.224 e. The number of nitrogens with one attached hydrogen (secondary N) is 1. The Labute approximate surface area is 139 Å². The Kier molecular flexibility index (Phi) is 9.58. The van der Waals surface area contributed by atoms with E-state index in [0.717, 1.165) is 31.4 Å². The normalized spacial score (nSPS) is 22.4. The van der Waals surface area contributed by atoms with Crippen LogP contribution in [0.1, 0.15) is 39.0 Å². The molecule has 2 rings (SSSR count). The first-order valence-electron chi connectivity index (χ1n) is 7.10. The van der Waals surface area contributed by atoms with E-state index in [1.54, 1.807) is 12.4 Å². The molecular formula is C15H25Cl2N3O. The summed E-state index contributed by atoms with van der Waals surface area (Å²) in [5.74, 6) is 1.26. The molecule has 1 heterocycles. The summed E-state index contributed by atoms with van der Waals surface area (Å²) >= 11 is 0. The predicted molar refractivity (Wildman–Crippen MR) is 91.1 cm³/mol. The Bertz CT molecular complexity index is 407. The maximum atomic E-state index is 11.9. The highest BCUT2D eigenvalue weighted by atomic mass is 35.5. The van der Waals surface area contributed by atoms with Crippen molar-refractivity contribution >= 4 is 36.4 Å². The van der Waals surface area contributed by atoms with Gasteiger partial charge in [0.1, 0.15) is 0 Å². The summed E-state index contributed by atoms with van der Waals surface area (Å²) in [5.41, 5.74) is 6.75. The first-order chi connectivity index (χ1) is 9.15. The molecule has 1 atom stereocenters. The second-order valence-corrected chi connectivity index (χ2v) is 5.63. The van der Waals surface area contributed by atoms with Crippen molar-refractivity contribution < 1.29 is 4.79 Å². The van der Waals surface area contributed by atoms with Crippen LogP contribution in [-0.2, 0) is 4.79 Å². The average molecular weight is 334 g/mol. The van der Waals surface area contributed by atoms with Gasteiger partial charge in [-0.05, 0) is 56.6 Å². The SMILES string of the molecule is C[C@@H](N)C1CCC(CC(=O)Nc2ccncc2)CC1.Cl.Cl. The lowest BCUT2D eigenvalue weighted by atomic mass is 9.78. The van der Waals surface area contributed by atoms with E-state index in [1.165, 1.54) is 0 Å². The molecule has 0 aromatic carbocycles. The van der Waals surface area contributed by atoms with Gasteiger partial charge in [0.25, 0.3) is 0 Å². The van der Waals surface area contributed by atoms with Crippen LogP contribution in [0, 0.1) is 11.8 Å². The molecule has 120 valence electrons. The van der Waals surface area contributed by atoms with Gasteiger partial charge < -0.3 is 11.1 Å². The molecule has 6 heteroatoms. The van der Waals surface area contributed by atoms with Crippen LogP contribution in [0.25, 0.3) is 0 Å². The van der Waals surface area contributed by atoms with Crippen molar-refractivity contribution in [2.24, 2.45) is 17.6 Å². The fourth-order valence-electron chi connectivity index (χ4n) is 2.83. The number of carbonyl (C=O) groups is 1. The van der Waals surface area contributed by atoms with Crippen molar-refractivity contribution in [3.63, 3.8) is 0 Å². The Hall–Kier alpha value is -0.840. The second-order valence-electron chi connectivity index (χ2n) is 5.63. The van der Waals surface area contributed by atoms with Crippen molar-refractivity contribution in [2.75, 3.05) is 5.32 Å². The molecule has 1 amide bonds. The predicted octanol–water partition coefficient (Wildman–Crippen LogP) is 3.41. The van der Waals surface area contributed by atoms with Crippen molar-refractivity contribution in [3.8, 4) is 0 Å². The Morgan fingerprint density at radius 1 is 1.29 bits per heavy atom. The van der Waals surface area contributed by atoms with E-state index in [4.69, 9.17) is 5.73 Å². The van der Waals surface area contributed by atoms with Crippen LogP contribution < -0.4 is 11.1 Å². The van der Waals surface area contributed by atoms with Gasteiger partial charge in [0.2, 0.25) is 5.91 Å². The van der Waals surface area contributed by atoms with Crippen LogP contribution in [0.3, 0.4) is 0 Å². The number of carbonyl (C=O) groups excluding carboxylic acids is 1. The number of nitrogens with zero attached hydrogens (tertiary/aromatic N) is 1. The lowest BCUT2D eigenvalue weighted by molar-refractivity contribution is -0.117. The number of hydrogen-bond acceptors (Lipinski definition) is 3. The van der Waals surface area contributed by atoms with Crippen molar-refractivity contribution in [2.45, 2.75) is 45.1 Å². The zero-order valence-corrected chi connectivity index (χ0v) is 14.0. The molecule has 1 aromatic rings. The highest BCUT2D eigenvalue weighted by molar-refractivity contribution is 5.90. The zero-order valence-electron chi connectivity index (χ0n) is 12.3. The van der Waals surface area contributed by atoms with E-state index in [1.807, 2.05) is 12.1 Å². The Morgan fingerprint density at radius 3 is 2.38 bits per heavy atom. The van der Waals surface area contributed by atoms with Gasteiger partial charge in [-0.15, -0.1) is 24.8 Å². The van der Waals surface area contributed by atoms with E-state index < -0.39 is 0 Å². The molecule has 21 heavy (non-hydrogen) atoms. The monoisotopic (exact) mass is 333 g/mol. The summed E-state index contributed by atoms with van der Waals surface area (Å²) in [6.07, 6.45) is 8.54. The lowest BCUT2D eigenvalue weighted by Crippen LogP contribution is -2.31. The van der Waals surface area contributed by atoms with Gasteiger partial charge in [-0.2, -0.15) is 0 Å². The van der Waals surface area contributed by atoms with Crippen molar-refractivity contribution in [1.29, 1.82) is 0 Å². The molecular weight excluding hydrogens is 309 g/mol. The van der Waals surface area contributed by atoms with E-state index in [2.05, 4.69) is 17.2 Å². The van der Waals surface area contributed by atoms with Gasteiger partial charge in [0, 0.05) is 30.5 Å². The van der Waals surface area contributed by atoms with Crippen molar-refractivity contribution in [3.05, 3.63) is 24.5 Å². The topological polar surface area (TPSA) is 68.0 Å². The minimum atomic E-state index is 0.